The summed E-state index contributed by atoms with van der Waals surface area (Å²) in [5.41, 5.74) is 3.11. The Kier molecular flexibility index (Phi) is 9.62. The SMILES string of the molecule is [B]OC(COP(=O)(N[C@@H](C)C(=O)OCc1ccccc1)Oc1ccccc1)C(O)C1(F)C[C@H]1n1ccc(N)nc1=O. The van der Waals surface area contributed by atoms with E-state index in [4.69, 9.17) is 32.2 Å². The molecular formula is C26H29BFN4O8P. The van der Waals surface area contributed by atoms with Gasteiger partial charge in [0.2, 0.25) is 0 Å². The fourth-order valence-corrected chi connectivity index (χ4v) is 5.59. The maximum absolute atomic E-state index is 15.6. The van der Waals surface area contributed by atoms with Crippen molar-refractivity contribution >= 4 is 27.6 Å². The fraction of sp³-hybridized carbons (Fsp3) is 0.346. The first-order valence-corrected chi connectivity index (χ1v) is 14.1. The highest BCUT2D eigenvalue weighted by molar-refractivity contribution is 7.52. The second kappa shape index (κ2) is 13.0. The molecule has 0 saturated heterocycles. The van der Waals surface area contributed by atoms with Gasteiger partial charge in [0.15, 0.2) is 5.67 Å². The monoisotopic (exact) mass is 586 g/mol. The molecule has 0 bridgehead atoms. The van der Waals surface area contributed by atoms with Crippen molar-refractivity contribution in [1.82, 2.24) is 14.6 Å². The smallest absolute Gasteiger partial charge is 0.459 e. The summed E-state index contributed by atoms with van der Waals surface area (Å²) in [6, 6.07) is 16.0. The van der Waals surface area contributed by atoms with Crippen LogP contribution in [-0.4, -0.2) is 59.2 Å². The zero-order valence-electron chi connectivity index (χ0n) is 22.0. The molecule has 1 aliphatic carbocycles. The lowest BCUT2D eigenvalue weighted by Gasteiger charge is -2.28. The first kappa shape index (κ1) is 30.4. The fourth-order valence-electron chi connectivity index (χ4n) is 4.09. The molecule has 0 spiro atoms. The molecule has 2 aromatic carbocycles. The Morgan fingerprint density at radius 1 is 1.24 bits per heavy atom. The lowest BCUT2D eigenvalue weighted by Crippen LogP contribution is -2.43. The first-order chi connectivity index (χ1) is 19.5. The number of hydrogen-bond acceptors (Lipinski definition) is 10. The lowest BCUT2D eigenvalue weighted by atomic mass is 10.1. The molecular weight excluding hydrogens is 557 g/mol. The van der Waals surface area contributed by atoms with E-state index in [1.54, 1.807) is 42.5 Å². The van der Waals surface area contributed by atoms with Crippen LogP contribution in [0.1, 0.15) is 24.9 Å². The Labute approximate surface area is 236 Å². The van der Waals surface area contributed by atoms with Crippen LogP contribution < -0.4 is 21.0 Å². The van der Waals surface area contributed by atoms with Gasteiger partial charge in [-0.3, -0.25) is 13.9 Å². The predicted octanol–water partition coefficient (Wildman–Crippen LogP) is 2.23. The van der Waals surface area contributed by atoms with Crippen molar-refractivity contribution in [2.75, 3.05) is 12.3 Å². The molecule has 2 radical (unpaired) electrons. The number of aliphatic hydroxyl groups excluding tert-OH is 1. The molecule has 6 atom stereocenters. The molecule has 15 heteroatoms. The van der Waals surface area contributed by atoms with Crippen molar-refractivity contribution in [2.24, 2.45) is 0 Å². The Morgan fingerprint density at radius 2 is 1.90 bits per heavy atom. The van der Waals surface area contributed by atoms with Crippen LogP contribution in [0.5, 0.6) is 5.75 Å². The molecule has 0 amide bonds. The Morgan fingerprint density at radius 3 is 2.54 bits per heavy atom. The van der Waals surface area contributed by atoms with Crippen molar-refractivity contribution in [3.63, 3.8) is 0 Å². The third kappa shape index (κ3) is 7.60. The molecule has 1 fully saturated rings. The van der Waals surface area contributed by atoms with Crippen molar-refractivity contribution in [3.8, 4) is 5.75 Å². The minimum absolute atomic E-state index is 0.0158. The largest absolute Gasteiger partial charge is 0.460 e. The van der Waals surface area contributed by atoms with Gasteiger partial charge in [0.25, 0.3) is 8.05 Å². The average molecular weight is 586 g/mol. The van der Waals surface area contributed by atoms with Crippen LogP contribution in [0.3, 0.4) is 0 Å². The maximum atomic E-state index is 15.6. The van der Waals surface area contributed by atoms with Crippen LogP contribution in [0, 0.1) is 0 Å². The molecule has 1 aliphatic rings. The van der Waals surface area contributed by atoms with Crippen LogP contribution in [0.15, 0.2) is 77.7 Å². The highest BCUT2D eigenvalue weighted by atomic mass is 31.2. The number of carbonyl (C=O) groups is 1. The number of nitrogen functional groups attached to an aromatic ring is 1. The van der Waals surface area contributed by atoms with E-state index < -0.39 is 56.0 Å². The standard InChI is InChI=1S/C26H29BFN4O8P/c1-17(24(34)37-15-18-8-4-2-5-9-18)31-41(36,40-19-10-6-3-7-11-19)38-16-20(39-27)23(33)26(28)14-21(26)32-13-12-22(29)30-25(32)35/h2-13,17,20-21,23,33H,14-16H2,1H3,(H,31,36)(H2,29,30,35)/t17-,20?,21+,23?,26?,41?/m0/s1. The van der Waals surface area contributed by atoms with Gasteiger partial charge in [0.1, 0.15) is 30.3 Å². The minimum Gasteiger partial charge on any atom is -0.460 e. The molecule has 0 aliphatic heterocycles. The molecule has 4 rings (SSSR count). The van der Waals surface area contributed by atoms with Crippen LogP contribution in [-0.2, 0) is 29.9 Å². The second-order valence-electron chi connectivity index (χ2n) is 9.45. The minimum atomic E-state index is -4.37. The number of halogens is 1. The number of rotatable bonds is 14. The van der Waals surface area contributed by atoms with Gasteiger partial charge in [-0.25, -0.2) is 13.8 Å². The van der Waals surface area contributed by atoms with Gasteiger partial charge in [0.05, 0.1) is 18.8 Å². The van der Waals surface area contributed by atoms with Gasteiger partial charge in [0, 0.05) is 12.6 Å². The molecule has 1 saturated carbocycles. The number of aromatic nitrogens is 2. The predicted molar refractivity (Wildman–Crippen MR) is 147 cm³/mol. The van der Waals surface area contributed by atoms with Gasteiger partial charge >= 0.3 is 19.4 Å². The number of hydrogen-bond donors (Lipinski definition) is 3. The zero-order chi connectivity index (χ0) is 29.6. The number of carbonyl (C=O) groups excluding carboxylic acids is 1. The zero-order valence-corrected chi connectivity index (χ0v) is 22.9. The number of nitrogens with zero attached hydrogens (tertiary/aromatic N) is 2. The van der Waals surface area contributed by atoms with E-state index in [0.717, 1.165) is 10.1 Å². The Bertz CT molecular complexity index is 1440. The number of esters is 1. The van der Waals surface area contributed by atoms with Gasteiger partial charge in [-0.1, -0.05) is 48.5 Å². The summed E-state index contributed by atoms with van der Waals surface area (Å²) in [6.45, 7) is 0.666. The van der Waals surface area contributed by atoms with Crippen molar-refractivity contribution in [2.45, 2.75) is 49.9 Å². The van der Waals surface area contributed by atoms with E-state index in [0.29, 0.717) is 0 Å². The van der Waals surface area contributed by atoms with Crippen LogP contribution in [0.2, 0.25) is 0 Å². The number of anilines is 1. The summed E-state index contributed by atoms with van der Waals surface area (Å²) < 4.78 is 51.5. The molecule has 216 valence electrons. The third-order valence-electron chi connectivity index (χ3n) is 6.41. The normalized spacial score (nSPS) is 21.7. The van der Waals surface area contributed by atoms with E-state index >= 15 is 4.39 Å². The summed E-state index contributed by atoms with van der Waals surface area (Å²) in [5, 5.41) is 13.3. The molecule has 4 unspecified atom stereocenters. The van der Waals surface area contributed by atoms with Gasteiger partial charge in [-0.15, -0.1) is 0 Å². The van der Waals surface area contributed by atoms with E-state index in [2.05, 4.69) is 10.1 Å². The van der Waals surface area contributed by atoms with Gasteiger partial charge in [-0.05, 0) is 30.7 Å². The number of aliphatic hydroxyl groups is 1. The van der Waals surface area contributed by atoms with Gasteiger partial charge in [-0.2, -0.15) is 10.1 Å². The van der Waals surface area contributed by atoms with Crippen LogP contribution in [0.4, 0.5) is 10.2 Å². The second-order valence-corrected chi connectivity index (χ2v) is 11.1. The Balaban J connectivity index is 1.44. The van der Waals surface area contributed by atoms with E-state index in [9.17, 15) is 19.3 Å². The number of para-hydroxylation sites is 1. The number of nitrogens with two attached hydrogens (primary N) is 1. The summed E-state index contributed by atoms with van der Waals surface area (Å²) in [4.78, 5) is 28.3. The Hall–Kier alpha value is -3.55. The first-order valence-electron chi connectivity index (χ1n) is 12.6. The molecule has 3 aromatic rings. The van der Waals surface area contributed by atoms with Gasteiger partial charge < -0.3 is 24.8 Å². The lowest BCUT2D eigenvalue weighted by molar-refractivity contribution is -0.146. The van der Waals surface area contributed by atoms with Crippen LogP contribution in [0.25, 0.3) is 0 Å². The number of alkyl halides is 1. The highest BCUT2D eigenvalue weighted by Crippen LogP contribution is 2.54. The quantitative estimate of drug-likeness (QED) is 0.144. The number of benzene rings is 2. The van der Waals surface area contributed by atoms with Crippen LogP contribution >= 0.6 is 7.75 Å². The molecule has 4 N–H and O–H groups in total. The number of nitrogens with one attached hydrogen (secondary N) is 1. The highest BCUT2D eigenvalue weighted by Gasteiger charge is 2.64. The summed E-state index contributed by atoms with van der Waals surface area (Å²) in [6.07, 6.45) is -2.43. The van der Waals surface area contributed by atoms with Crippen molar-refractivity contribution in [3.05, 3.63) is 89.0 Å². The number of ether oxygens (including phenoxy) is 1. The molecule has 1 aromatic heterocycles. The molecule has 1 heterocycles. The molecule has 12 nitrogen and oxygen atoms in total. The topological polar surface area (TPSA) is 164 Å². The van der Waals surface area contributed by atoms with Crippen molar-refractivity contribution < 1.29 is 37.3 Å². The van der Waals surface area contributed by atoms with E-state index in [1.807, 2.05) is 6.07 Å². The maximum Gasteiger partial charge on any atom is 0.459 e. The summed E-state index contributed by atoms with van der Waals surface area (Å²) in [5.74, 6) is -0.640. The molecule has 41 heavy (non-hydrogen) atoms. The van der Waals surface area contributed by atoms with E-state index in [-0.39, 0.29) is 24.6 Å². The van der Waals surface area contributed by atoms with E-state index in [1.165, 1.54) is 31.3 Å². The van der Waals surface area contributed by atoms with Crippen molar-refractivity contribution in [1.29, 1.82) is 0 Å². The summed E-state index contributed by atoms with van der Waals surface area (Å²) in [7, 11) is 0.958. The summed E-state index contributed by atoms with van der Waals surface area (Å²) >= 11 is 0. The average Bonchev–Trinajstić information content (AvgIpc) is 3.64. The third-order valence-corrected chi connectivity index (χ3v) is 8.06.